The van der Waals surface area contributed by atoms with E-state index in [1.54, 1.807) is 7.11 Å². The Morgan fingerprint density at radius 1 is 1.43 bits per heavy atom. The first-order chi connectivity index (χ1) is 6.74. The van der Waals surface area contributed by atoms with Crippen LogP contribution in [0.2, 0.25) is 0 Å². The standard InChI is InChI=1S/C12H20O2/c1-10(7-8-14-2)11-5-3-4-6-12(13)9-11/h9-10H,3-8H2,1-2H3. The molecule has 0 amide bonds. The average molecular weight is 196 g/mol. The predicted octanol–water partition coefficient (Wildman–Crippen LogP) is 2.73. The number of allylic oxidation sites excluding steroid dienone is 2. The summed E-state index contributed by atoms with van der Waals surface area (Å²) in [5.41, 5.74) is 1.32. The van der Waals surface area contributed by atoms with Gasteiger partial charge in [0, 0.05) is 20.1 Å². The molecule has 0 aliphatic heterocycles. The number of hydrogen-bond donors (Lipinski definition) is 0. The van der Waals surface area contributed by atoms with E-state index in [-0.39, 0.29) is 0 Å². The SMILES string of the molecule is COCCC(C)C1=CC(=O)CCCC1. The van der Waals surface area contributed by atoms with Gasteiger partial charge >= 0.3 is 0 Å². The highest BCUT2D eigenvalue weighted by Gasteiger charge is 2.13. The smallest absolute Gasteiger partial charge is 0.155 e. The van der Waals surface area contributed by atoms with E-state index in [1.807, 2.05) is 6.08 Å². The van der Waals surface area contributed by atoms with Crippen LogP contribution in [-0.2, 0) is 9.53 Å². The molecule has 0 heterocycles. The van der Waals surface area contributed by atoms with E-state index in [1.165, 1.54) is 5.57 Å². The lowest BCUT2D eigenvalue weighted by molar-refractivity contribution is -0.114. The van der Waals surface area contributed by atoms with Gasteiger partial charge in [0.05, 0.1) is 0 Å². The first-order valence-electron chi connectivity index (χ1n) is 5.46. The number of carbonyl (C=O) groups excluding carboxylic acids is 1. The maximum atomic E-state index is 11.4. The quantitative estimate of drug-likeness (QED) is 0.691. The monoisotopic (exact) mass is 196 g/mol. The number of methoxy groups -OCH3 is 1. The van der Waals surface area contributed by atoms with E-state index in [4.69, 9.17) is 4.74 Å². The van der Waals surface area contributed by atoms with E-state index in [0.717, 1.165) is 38.7 Å². The summed E-state index contributed by atoms with van der Waals surface area (Å²) < 4.78 is 5.05. The minimum atomic E-state index is 0.307. The van der Waals surface area contributed by atoms with E-state index in [0.29, 0.717) is 11.7 Å². The normalized spacial score (nSPS) is 20.1. The molecule has 2 heteroatoms. The molecular formula is C12H20O2. The number of carbonyl (C=O) groups is 1. The number of rotatable bonds is 4. The zero-order chi connectivity index (χ0) is 10.4. The zero-order valence-corrected chi connectivity index (χ0v) is 9.21. The van der Waals surface area contributed by atoms with Crippen molar-refractivity contribution >= 4 is 5.78 Å². The summed E-state index contributed by atoms with van der Waals surface area (Å²) in [6, 6.07) is 0. The third kappa shape index (κ3) is 3.62. The summed E-state index contributed by atoms with van der Waals surface area (Å²) in [4.78, 5) is 11.4. The van der Waals surface area contributed by atoms with Crippen LogP contribution in [0.4, 0.5) is 0 Å². The van der Waals surface area contributed by atoms with E-state index < -0.39 is 0 Å². The van der Waals surface area contributed by atoms with E-state index in [9.17, 15) is 4.79 Å². The Labute approximate surface area is 86.3 Å². The third-order valence-electron chi connectivity index (χ3n) is 2.87. The predicted molar refractivity (Wildman–Crippen MR) is 57.2 cm³/mol. The van der Waals surface area contributed by atoms with Crippen molar-refractivity contribution in [2.45, 2.75) is 39.0 Å². The van der Waals surface area contributed by atoms with Gasteiger partial charge in [-0.1, -0.05) is 12.5 Å². The van der Waals surface area contributed by atoms with Gasteiger partial charge in [0.25, 0.3) is 0 Å². The Bertz CT molecular complexity index is 218. The first-order valence-corrected chi connectivity index (χ1v) is 5.46. The van der Waals surface area contributed by atoms with Crippen LogP contribution in [0, 0.1) is 5.92 Å². The molecule has 0 aromatic rings. The van der Waals surface area contributed by atoms with Gasteiger partial charge in [0.15, 0.2) is 5.78 Å². The fraction of sp³-hybridized carbons (Fsp3) is 0.750. The third-order valence-corrected chi connectivity index (χ3v) is 2.87. The largest absolute Gasteiger partial charge is 0.385 e. The summed E-state index contributed by atoms with van der Waals surface area (Å²) >= 11 is 0. The van der Waals surface area contributed by atoms with Crippen LogP contribution in [0.25, 0.3) is 0 Å². The topological polar surface area (TPSA) is 26.3 Å². The Kier molecular flexibility index (Phi) is 4.88. The fourth-order valence-electron chi connectivity index (χ4n) is 1.85. The summed E-state index contributed by atoms with van der Waals surface area (Å²) in [6.07, 6.45) is 6.94. The maximum Gasteiger partial charge on any atom is 0.155 e. The molecule has 0 saturated carbocycles. The second-order valence-corrected chi connectivity index (χ2v) is 4.08. The second-order valence-electron chi connectivity index (χ2n) is 4.08. The molecule has 1 rings (SSSR count). The molecule has 0 spiro atoms. The minimum absolute atomic E-state index is 0.307. The van der Waals surface area contributed by atoms with Crippen molar-refractivity contribution in [1.29, 1.82) is 0 Å². The van der Waals surface area contributed by atoms with Gasteiger partial charge in [-0.05, 0) is 37.7 Å². The Morgan fingerprint density at radius 3 is 2.86 bits per heavy atom. The highest BCUT2D eigenvalue weighted by molar-refractivity contribution is 5.90. The Morgan fingerprint density at radius 2 is 2.14 bits per heavy atom. The van der Waals surface area contributed by atoms with Crippen molar-refractivity contribution in [3.63, 3.8) is 0 Å². The minimum Gasteiger partial charge on any atom is -0.385 e. The van der Waals surface area contributed by atoms with Crippen molar-refractivity contribution < 1.29 is 9.53 Å². The molecule has 0 saturated heterocycles. The van der Waals surface area contributed by atoms with Crippen molar-refractivity contribution in [1.82, 2.24) is 0 Å². The molecule has 0 bridgehead atoms. The first kappa shape index (κ1) is 11.4. The summed E-state index contributed by atoms with van der Waals surface area (Å²) in [5, 5.41) is 0. The Hall–Kier alpha value is -0.630. The van der Waals surface area contributed by atoms with Crippen LogP contribution in [0.15, 0.2) is 11.6 Å². The lowest BCUT2D eigenvalue weighted by Gasteiger charge is -2.13. The summed E-state index contributed by atoms with van der Waals surface area (Å²) in [6.45, 7) is 2.97. The van der Waals surface area contributed by atoms with Gasteiger partial charge in [-0.15, -0.1) is 0 Å². The number of ether oxygens (including phenoxy) is 1. The molecule has 0 N–H and O–H groups in total. The van der Waals surface area contributed by atoms with Crippen LogP contribution in [0.5, 0.6) is 0 Å². The molecule has 1 aliphatic rings. The van der Waals surface area contributed by atoms with Gasteiger partial charge in [-0.2, -0.15) is 0 Å². The molecule has 14 heavy (non-hydrogen) atoms. The van der Waals surface area contributed by atoms with Crippen molar-refractivity contribution in [3.05, 3.63) is 11.6 Å². The Balaban J connectivity index is 2.50. The van der Waals surface area contributed by atoms with Crippen LogP contribution < -0.4 is 0 Å². The summed E-state index contributed by atoms with van der Waals surface area (Å²) in [5.74, 6) is 0.804. The number of hydrogen-bond acceptors (Lipinski definition) is 2. The van der Waals surface area contributed by atoms with Crippen LogP contribution in [0.1, 0.15) is 39.0 Å². The van der Waals surface area contributed by atoms with Gasteiger partial charge in [0.2, 0.25) is 0 Å². The highest BCUT2D eigenvalue weighted by Crippen LogP contribution is 2.24. The second kappa shape index (κ2) is 5.97. The van der Waals surface area contributed by atoms with E-state index >= 15 is 0 Å². The average Bonchev–Trinajstić information content (AvgIpc) is 2.39. The zero-order valence-electron chi connectivity index (χ0n) is 9.21. The van der Waals surface area contributed by atoms with Gasteiger partial charge in [-0.25, -0.2) is 0 Å². The molecule has 1 atom stereocenters. The molecule has 1 unspecified atom stereocenters. The summed E-state index contributed by atoms with van der Waals surface area (Å²) in [7, 11) is 1.72. The molecule has 0 radical (unpaired) electrons. The molecule has 2 nitrogen and oxygen atoms in total. The molecule has 0 aromatic heterocycles. The maximum absolute atomic E-state index is 11.4. The molecule has 80 valence electrons. The van der Waals surface area contributed by atoms with Crippen LogP contribution in [0.3, 0.4) is 0 Å². The van der Waals surface area contributed by atoms with Crippen molar-refractivity contribution in [2.24, 2.45) is 5.92 Å². The van der Waals surface area contributed by atoms with Crippen molar-refractivity contribution in [3.8, 4) is 0 Å². The number of ketones is 1. The van der Waals surface area contributed by atoms with Crippen LogP contribution >= 0.6 is 0 Å². The molecular weight excluding hydrogens is 176 g/mol. The highest BCUT2D eigenvalue weighted by atomic mass is 16.5. The fourth-order valence-corrected chi connectivity index (χ4v) is 1.85. The molecule has 0 aromatic carbocycles. The van der Waals surface area contributed by atoms with Gasteiger partial charge < -0.3 is 4.74 Å². The van der Waals surface area contributed by atoms with Crippen LogP contribution in [-0.4, -0.2) is 19.5 Å². The van der Waals surface area contributed by atoms with E-state index in [2.05, 4.69) is 6.92 Å². The van der Waals surface area contributed by atoms with Gasteiger partial charge in [0.1, 0.15) is 0 Å². The lowest BCUT2D eigenvalue weighted by Crippen LogP contribution is -2.04. The van der Waals surface area contributed by atoms with Gasteiger partial charge in [-0.3, -0.25) is 4.79 Å². The molecule has 1 aliphatic carbocycles. The molecule has 0 fully saturated rings. The lowest BCUT2D eigenvalue weighted by atomic mass is 9.94. The van der Waals surface area contributed by atoms with Crippen molar-refractivity contribution in [2.75, 3.05) is 13.7 Å².